The van der Waals surface area contributed by atoms with Gasteiger partial charge in [0, 0.05) is 25.2 Å². The summed E-state index contributed by atoms with van der Waals surface area (Å²) in [5.74, 6) is 2.06. The Morgan fingerprint density at radius 2 is 2.00 bits per heavy atom. The van der Waals surface area contributed by atoms with E-state index in [2.05, 4.69) is 21.3 Å². The molecule has 1 aromatic carbocycles. The Balaban J connectivity index is 1.45. The molecule has 0 saturated carbocycles. The zero-order valence-corrected chi connectivity index (χ0v) is 15.6. The van der Waals surface area contributed by atoms with Gasteiger partial charge in [-0.2, -0.15) is 0 Å². The Morgan fingerprint density at radius 1 is 1.18 bits per heavy atom. The van der Waals surface area contributed by atoms with Gasteiger partial charge in [-0.05, 0) is 30.5 Å². The van der Waals surface area contributed by atoms with Crippen LogP contribution in [0.5, 0.6) is 5.75 Å². The first-order chi connectivity index (χ1) is 13.7. The summed E-state index contributed by atoms with van der Waals surface area (Å²) in [7, 11) is 0. The highest BCUT2D eigenvalue weighted by Gasteiger charge is 2.33. The predicted octanol–water partition coefficient (Wildman–Crippen LogP) is 3.84. The van der Waals surface area contributed by atoms with Crippen molar-refractivity contribution in [3.63, 3.8) is 0 Å². The molecule has 1 N–H and O–H groups in total. The van der Waals surface area contributed by atoms with Crippen molar-refractivity contribution in [2.24, 2.45) is 5.92 Å². The second-order valence-electron chi connectivity index (χ2n) is 7.35. The van der Waals surface area contributed by atoms with Gasteiger partial charge in [0.1, 0.15) is 11.6 Å². The summed E-state index contributed by atoms with van der Waals surface area (Å²) < 4.78 is 7.69. The van der Waals surface area contributed by atoms with E-state index in [1.165, 1.54) is 0 Å². The minimum Gasteiger partial charge on any atom is -0.410 e. The number of rotatable bonds is 2. The monoisotopic (exact) mass is 375 g/mol. The normalized spacial score (nSPS) is 20.0. The molecule has 3 aromatic heterocycles. The first-order valence-corrected chi connectivity index (χ1v) is 9.52. The number of benzene rings is 1. The minimum atomic E-state index is -0.308. The van der Waals surface area contributed by atoms with Crippen molar-refractivity contribution in [2.45, 2.75) is 19.3 Å². The second kappa shape index (κ2) is 6.67. The number of piperidine rings is 1. The molecule has 1 aliphatic heterocycles. The molecule has 4 aromatic rings. The van der Waals surface area contributed by atoms with E-state index in [4.69, 9.17) is 9.72 Å². The van der Waals surface area contributed by atoms with E-state index in [-0.39, 0.29) is 12.0 Å². The largest absolute Gasteiger partial charge is 0.415 e. The fourth-order valence-electron chi connectivity index (χ4n) is 3.99. The lowest BCUT2D eigenvalue weighted by molar-refractivity contribution is 0.123. The van der Waals surface area contributed by atoms with E-state index in [0.717, 1.165) is 28.9 Å². The number of hydrogen-bond donors (Lipinski definition) is 1. The molecule has 2 atom stereocenters. The fraction of sp³-hybridized carbons (Fsp3) is 0.286. The number of nitrogens with one attached hydrogen (secondary N) is 1. The Kier molecular flexibility index (Phi) is 4.00. The molecule has 1 saturated heterocycles. The molecule has 142 valence electrons. The summed E-state index contributed by atoms with van der Waals surface area (Å²) in [6.07, 6.45) is 6.16. The third-order valence-electron chi connectivity index (χ3n) is 5.58. The number of likely N-dealkylation sites (tertiary alicyclic amines) is 1. The molecule has 1 aliphatic rings. The van der Waals surface area contributed by atoms with Gasteiger partial charge in [-0.25, -0.2) is 14.8 Å². The molecule has 0 bridgehead atoms. The fourth-order valence-corrected chi connectivity index (χ4v) is 3.99. The molecule has 0 spiro atoms. The highest BCUT2D eigenvalue weighted by molar-refractivity contribution is 5.75. The summed E-state index contributed by atoms with van der Waals surface area (Å²) in [6.45, 7) is 3.50. The van der Waals surface area contributed by atoms with Crippen LogP contribution in [0.2, 0.25) is 0 Å². The van der Waals surface area contributed by atoms with Crippen LogP contribution in [0.25, 0.3) is 16.7 Å². The minimum absolute atomic E-state index is 0.125. The van der Waals surface area contributed by atoms with Crippen LogP contribution in [0.1, 0.15) is 25.1 Å². The third-order valence-corrected chi connectivity index (χ3v) is 5.58. The standard InChI is InChI=1S/C21H21N5O2/c1-14-8-10-25(21(27)28-16-5-3-2-4-6-16)13-17(14)20-24-12-15-11-23-19-18(26(15)20)7-9-22-19/h2-7,9,11-12,14,17,22H,8,10,13H2,1H3/t14-,17+/m1/s1. The van der Waals surface area contributed by atoms with Gasteiger partial charge in [-0.15, -0.1) is 0 Å². The number of hydrogen-bond acceptors (Lipinski definition) is 4. The highest BCUT2D eigenvalue weighted by Crippen LogP contribution is 2.33. The number of carbonyl (C=O) groups is 1. The number of amides is 1. The zero-order valence-electron chi connectivity index (χ0n) is 15.6. The first-order valence-electron chi connectivity index (χ1n) is 9.52. The van der Waals surface area contributed by atoms with Gasteiger partial charge in [0.25, 0.3) is 0 Å². The maximum absolute atomic E-state index is 12.7. The van der Waals surface area contributed by atoms with Crippen molar-refractivity contribution in [1.29, 1.82) is 0 Å². The van der Waals surface area contributed by atoms with Gasteiger partial charge in [-0.3, -0.25) is 4.40 Å². The highest BCUT2D eigenvalue weighted by atomic mass is 16.6. The number of para-hydroxylation sites is 1. The zero-order chi connectivity index (χ0) is 19.1. The van der Waals surface area contributed by atoms with Crippen molar-refractivity contribution in [3.05, 3.63) is 60.8 Å². The van der Waals surface area contributed by atoms with Crippen LogP contribution < -0.4 is 4.74 Å². The van der Waals surface area contributed by atoms with E-state index >= 15 is 0 Å². The van der Waals surface area contributed by atoms with Crippen molar-refractivity contribution in [3.8, 4) is 5.75 Å². The van der Waals surface area contributed by atoms with Crippen LogP contribution >= 0.6 is 0 Å². The van der Waals surface area contributed by atoms with Crippen LogP contribution in [-0.2, 0) is 0 Å². The molecule has 0 radical (unpaired) electrons. The summed E-state index contributed by atoms with van der Waals surface area (Å²) in [5.41, 5.74) is 2.79. The van der Waals surface area contributed by atoms with Crippen LogP contribution in [0, 0.1) is 5.92 Å². The maximum atomic E-state index is 12.7. The Bertz CT molecular complexity index is 1130. The summed E-state index contributed by atoms with van der Waals surface area (Å²) in [6, 6.07) is 11.2. The van der Waals surface area contributed by atoms with Crippen molar-refractivity contribution < 1.29 is 9.53 Å². The summed E-state index contributed by atoms with van der Waals surface area (Å²) >= 11 is 0. The number of carbonyl (C=O) groups excluding carboxylic acids is 1. The van der Waals surface area contributed by atoms with Crippen LogP contribution in [-0.4, -0.2) is 43.4 Å². The number of H-pyrrole nitrogens is 1. The molecule has 28 heavy (non-hydrogen) atoms. The number of aromatic amines is 1. The van der Waals surface area contributed by atoms with Gasteiger partial charge >= 0.3 is 6.09 Å². The molecule has 1 fully saturated rings. The van der Waals surface area contributed by atoms with Crippen molar-refractivity contribution in [1.82, 2.24) is 24.3 Å². The topological polar surface area (TPSA) is 75.5 Å². The van der Waals surface area contributed by atoms with Crippen LogP contribution in [0.15, 0.2) is 55.0 Å². The van der Waals surface area contributed by atoms with Gasteiger partial charge in [0.05, 0.1) is 23.4 Å². The lowest BCUT2D eigenvalue weighted by Gasteiger charge is -2.35. The SMILES string of the molecule is C[C@@H]1CCN(C(=O)Oc2ccccc2)C[C@@H]1c1ncc2cnc3[nH]ccc3n12. The molecule has 7 nitrogen and oxygen atoms in total. The molecule has 7 heteroatoms. The Hall–Kier alpha value is -3.35. The molecular formula is C21H21N5O2. The second-order valence-corrected chi connectivity index (χ2v) is 7.35. The Labute approximate surface area is 162 Å². The predicted molar refractivity (Wildman–Crippen MR) is 105 cm³/mol. The number of nitrogens with zero attached hydrogens (tertiary/aromatic N) is 4. The summed E-state index contributed by atoms with van der Waals surface area (Å²) in [4.78, 5) is 26.8. The van der Waals surface area contributed by atoms with E-state index in [1.54, 1.807) is 17.0 Å². The summed E-state index contributed by atoms with van der Waals surface area (Å²) in [5, 5.41) is 0. The third kappa shape index (κ3) is 2.79. The van der Waals surface area contributed by atoms with E-state index in [0.29, 0.717) is 24.8 Å². The number of fused-ring (bicyclic) bond motifs is 3. The van der Waals surface area contributed by atoms with E-state index in [1.807, 2.05) is 42.9 Å². The van der Waals surface area contributed by atoms with Crippen LogP contribution in [0.4, 0.5) is 4.79 Å². The number of ether oxygens (including phenoxy) is 1. The molecule has 0 unspecified atom stereocenters. The Morgan fingerprint density at radius 3 is 2.86 bits per heavy atom. The molecular weight excluding hydrogens is 354 g/mol. The maximum Gasteiger partial charge on any atom is 0.415 e. The average Bonchev–Trinajstić information content (AvgIpc) is 3.35. The van der Waals surface area contributed by atoms with E-state index in [9.17, 15) is 4.79 Å². The van der Waals surface area contributed by atoms with Gasteiger partial charge in [0.15, 0.2) is 5.65 Å². The molecule has 0 aliphatic carbocycles. The first kappa shape index (κ1) is 16.8. The molecule has 1 amide bonds. The van der Waals surface area contributed by atoms with E-state index < -0.39 is 0 Å². The van der Waals surface area contributed by atoms with Crippen LogP contribution in [0.3, 0.4) is 0 Å². The van der Waals surface area contributed by atoms with Crippen molar-refractivity contribution in [2.75, 3.05) is 13.1 Å². The number of aromatic nitrogens is 4. The quantitative estimate of drug-likeness (QED) is 0.578. The van der Waals surface area contributed by atoms with Gasteiger partial charge < -0.3 is 14.6 Å². The van der Waals surface area contributed by atoms with Gasteiger partial charge in [-0.1, -0.05) is 25.1 Å². The smallest absolute Gasteiger partial charge is 0.410 e. The van der Waals surface area contributed by atoms with Crippen molar-refractivity contribution >= 4 is 22.8 Å². The number of imidazole rings is 1. The molecule has 4 heterocycles. The molecule has 5 rings (SSSR count). The van der Waals surface area contributed by atoms with Gasteiger partial charge in [0.2, 0.25) is 0 Å². The lowest BCUT2D eigenvalue weighted by atomic mass is 9.86. The lowest BCUT2D eigenvalue weighted by Crippen LogP contribution is -2.44. The average molecular weight is 375 g/mol.